The number of rotatable bonds is 2. The highest BCUT2D eigenvalue weighted by Gasteiger charge is 2.25. The van der Waals surface area contributed by atoms with Crippen molar-refractivity contribution in [1.29, 1.82) is 0 Å². The Balaban J connectivity index is 2.07. The second kappa shape index (κ2) is 5.19. The number of benzene rings is 1. The van der Waals surface area contributed by atoms with Crippen LogP contribution in [0.15, 0.2) is 22.7 Å². The first-order chi connectivity index (χ1) is 7.66. The van der Waals surface area contributed by atoms with Crippen LogP contribution in [0.2, 0.25) is 0 Å². The van der Waals surface area contributed by atoms with Crippen molar-refractivity contribution in [2.75, 3.05) is 0 Å². The highest BCUT2D eigenvalue weighted by Crippen LogP contribution is 2.30. The number of aliphatic hydroxyl groups excluding tert-OH is 1. The van der Waals surface area contributed by atoms with Crippen molar-refractivity contribution >= 4 is 15.9 Å². The molecule has 0 amide bonds. The maximum atomic E-state index is 9.84. The molecule has 1 saturated carbocycles. The summed E-state index contributed by atoms with van der Waals surface area (Å²) in [6.07, 6.45) is 3.69. The number of hydrogen-bond acceptors (Lipinski definition) is 2. The molecule has 0 saturated heterocycles. The summed E-state index contributed by atoms with van der Waals surface area (Å²) in [5, 5.41) is 9.84. The molecule has 0 aromatic heterocycles. The van der Waals surface area contributed by atoms with Gasteiger partial charge in [-0.3, -0.25) is 0 Å². The van der Waals surface area contributed by atoms with E-state index in [4.69, 9.17) is 4.74 Å². The largest absolute Gasteiger partial charge is 0.487 e. The smallest absolute Gasteiger partial charge is 0.134 e. The molecule has 2 unspecified atom stereocenters. The summed E-state index contributed by atoms with van der Waals surface area (Å²) < 4.78 is 6.82. The Morgan fingerprint density at radius 3 is 2.75 bits per heavy atom. The van der Waals surface area contributed by atoms with E-state index in [1.54, 1.807) is 0 Å². The maximum absolute atomic E-state index is 9.84. The van der Waals surface area contributed by atoms with Crippen molar-refractivity contribution in [3.05, 3.63) is 28.2 Å². The van der Waals surface area contributed by atoms with E-state index in [0.29, 0.717) is 0 Å². The normalized spacial score (nSPS) is 25.4. The van der Waals surface area contributed by atoms with E-state index in [2.05, 4.69) is 15.9 Å². The highest BCUT2D eigenvalue weighted by molar-refractivity contribution is 9.10. The Morgan fingerprint density at radius 2 is 2.06 bits per heavy atom. The van der Waals surface area contributed by atoms with Crippen molar-refractivity contribution in [2.45, 2.75) is 44.8 Å². The Kier molecular flexibility index (Phi) is 3.87. The predicted molar refractivity (Wildman–Crippen MR) is 67.8 cm³/mol. The molecule has 2 nitrogen and oxygen atoms in total. The molecule has 1 aromatic rings. The van der Waals surface area contributed by atoms with Crippen LogP contribution in [-0.4, -0.2) is 17.3 Å². The maximum Gasteiger partial charge on any atom is 0.134 e. The van der Waals surface area contributed by atoms with Gasteiger partial charge in [0.05, 0.1) is 10.6 Å². The van der Waals surface area contributed by atoms with Crippen LogP contribution < -0.4 is 4.74 Å². The molecule has 0 radical (unpaired) electrons. The zero-order valence-corrected chi connectivity index (χ0v) is 11.0. The monoisotopic (exact) mass is 284 g/mol. The molecule has 3 heteroatoms. The van der Waals surface area contributed by atoms with E-state index >= 15 is 0 Å². The zero-order valence-electron chi connectivity index (χ0n) is 9.45. The summed E-state index contributed by atoms with van der Waals surface area (Å²) in [7, 11) is 0. The highest BCUT2D eigenvalue weighted by atomic mass is 79.9. The van der Waals surface area contributed by atoms with Gasteiger partial charge in [0, 0.05) is 0 Å². The molecule has 1 aromatic carbocycles. The van der Waals surface area contributed by atoms with Gasteiger partial charge >= 0.3 is 0 Å². The minimum atomic E-state index is -0.318. The molecule has 0 aliphatic heterocycles. The minimum Gasteiger partial charge on any atom is -0.487 e. The average molecular weight is 285 g/mol. The first-order valence-electron chi connectivity index (χ1n) is 5.77. The van der Waals surface area contributed by atoms with Gasteiger partial charge in [-0.15, -0.1) is 0 Å². The molecule has 2 rings (SSSR count). The molecule has 1 aliphatic rings. The second-order valence-electron chi connectivity index (χ2n) is 4.44. The number of ether oxygens (including phenoxy) is 1. The fraction of sp³-hybridized carbons (Fsp3) is 0.538. The van der Waals surface area contributed by atoms with Crippen LogP contribution in [-0.2, 0) is 0 Å². The molecular formula is C13H17BrO2. The molecule has 1 fully saturated rings. The van der Waals surface area contributed by atoms with Crippen molar-refractivity contribution in [3.8, 4) is 5.75 Å². The summed E-state index contributed by atoms with van der Waals surface area (Å²) in [4.78, 5) is 0. The molecular weight excluding hydrogens is 268 g/mol. The van der Waals surface area contributed by atoms with E-state index in [-0.39, 0.29) is 12.2 Å². The summed E-state index contributed by atoms with van der Waals surface area (Å²) in [5.74, 6) is 0.830. The third-order valence-electron chi connectivity index (χ3n) is 3.03. The second-order valence-corrected chi connectivity index (χ2v) is 5.30. The van der Waals surface area contributed by atoms with Crippen molar-refractivity contribution in [1.82, 2.24) is 0 Å². The van der Waals surface area contributed by atoms with Crippen LogP contribution in [0.25, 0.3) is 0 Å². The Hall–Kier alpha value is -0.540. The van der Waals surface area contributed by atoms with Gasteiger partial charge in [0.2, 0.25) is 0 Å². The first kappa shape index (κ1) is 11.9. The lowest BCUT2D eigenvalue weighted by molar-refractivity contribution is 0.00648. The van der Waals surface area contributed by atoms with Gasteiger partial charge in [-0.2, -0.15) is 0 Å². The number of halogens is 1. The van der Waals surface area contributed by atoms with Crippen LogP contribution in [0.4, 0.5) is 0 Å². The quantitative estimate of drug-likeness (QED) is 0.902. The molecule has 1 aliphatic carbocycles. The van der Waals surface area contributed by atoms with Gasteiger partial charge in [0.15, 0.2) is 0 Å². The SMILES string of the molecule is Cc1ccc(OC2CCCCC2O)c(Br)c1. The first-order valence-corrected chi connectivity index (χ1v) is 6.57. The van der Waals surface area contributed by atoms with E-state index < -0.39 is 0 Å². The third-order valence-corrected chi connectivity index (χ3v) is 3.65. The van der Waals surface area contributed by atoms with Crippen LogP contribution in [0.5, 0.6) is 5.75 Å². The van der Waals surface area contributed by atoms with Gasteiger partial charge in [0.1, 0.15) is 11.9 Å². The molecule has 0 spiro atoms. The van der Waals surface area contributed by atoms with E-state index in [9.17, 15) is 5.11 Å². The lowest BCUT2D eigenvalue weighted by Gasteiger charge is -2.28. The molecule has 16 heavy (non-hydrogen) atoms. The average Bonchev–Trinajstić information content (AvgIpc) is 2.25. The predicted octanol–water partition coefficient (Wildman–Crippen LogP) is 3.44. The lowest BCUT2D eigenvalue weighted by Crippen LogP contribution is -2.34. The van der Waals surface area contributed by atoms with Crippen molar-refractivity contribution < 1.29 is 9.84 Å². The van der Waals surface area contributed by atoms with Gasteiger partial charge in [0.25, 0.3) is 0 Å². The summed E-state index contributed by atoms with van der Waals surface area (Å²) in [6, 6.07) is 6.01. The fourth-order valence-corrected chi connectivity index (χ4v) is 2.67. The number of hydrogen-bond donors (Lipinski definition) is 1. The van der Waals surface area contributed by atoms with Gasteiger partial charge in [-0.05, 0) is 59.8 Å². The number of aliphatic hydroxyl groups is 1. The Labute approximate surface area is 105 Å². The standard InChI is InChI=1S/C13H17BrO2/c1-9-6-7-12(10(14)8-9)16-13-5-3-2-4-11(13)15/h6-8,11,13,15H,2-5H2,1H3. The summed E-state index contributed by atoms with van der Waals surface area (Å²) >= 11 is 3.49. The van der Waals surface area contributed by atoms with Crippen LogP contribution in [0.3, 0.4) is 0 Å². The third kappa shape index (κ3) is 2.77. The Bertz CT molecular complexity index is 365. The van der Waals surface area contributed by atoms with Crippen molar-refractivity contribution in [3.63, 3.8) is 0 Å². The fourth-order valence-electron chi connectivity index (χ4n) is 2.08. The molecule has 2 atom stereocenters. The van der Waals surface area contributed by atoms with Crippen LogP contribution in [0, 0.1) is 6.92 Å². The van der Waals surface area contributed by atoms with Crippen molar-refractivity contribution in [2.24, 2.45) is 0 Å². The topological polar surface area (TPSA) is 29.5 Å². The Morgan fingerprint density at radius 1 is 1.31 bits per heavy atom. The summed E-state index contributed by atoms with van der Waals surface area (Å²) in [5.41, 5.74) is 1.20. The summed E-state index contributed by atoms with van der Waals surface area (Å²) in [6.45, 7) is 2.05. The molecule has 1 N–H and O–H groups in total. The van der Waals surface area contributed by atoms with E-state index in [1.807, 2.05) is 25.1 Å². The van der Waals surface area contributed by atoms with Crippen LogP contribution in [0.1, 0.15) is 31.2 Å². The molecule has 88 valence electrons. The van der Waals surface area contributed by atoms with Crippen LogP contribution >= 0.6 is 15.9 Å². The van der Waals surface area contributed by atoms with Gasteiger partial charge in [-0.25, -0.2) is 0 Å². The minimum absolute atomic E-state index is 0.0484. The van der Waals surface area contributed by atoms with E-state index in [1.165, 1.54) is 5.56 Å². The number of aryl methyl sites for hydroxylation is 1. The molecule has 0 heterocycles. The van der Waals surface area contributed by atoms with E-state index in [0.717, 1.165) is 35.9 Å². The zero-order chi connectivity index (χ0) is 11.5. The van der Waals surface area contributed by atoms with Gasteiger partial charge < -0.3 is 9.84 Å². The molecule has 0 bridgehead atoms. The lowest BCUT2D eigenvalue weighted by atomic mass is 9.95. The van der Waals surface area contributed by atoms with Gasteiger partial charge in [-0.1, -0.05) is 12.5 Å².